The summed E-state index contributed by atoms with van der Waals surface area (Å²) >= 11 is 1.99. The molecular formula is C10H13NS. The Morgan fingerprint density at radius 1 is 1.33 bits per heavy atom. The fourth-order valence-electron chi connectivity index (χ4n) is 1.40. The normalized spacial score (nSPS) is 22.9. The van der Waals surface area contributed by atoms with Crippen LogP contribution >= 0.6 is 11.8 Å². The highest BCUT2D eigenvalue weighted by Crippen LogP contribution is 2.31. The van der Waals surface area contributed by atoms with Crippen molar-refractivity contribution in [2.45, 2.75) is 12.2 Å². The smallest absolute Gasteiger partial charge is 0.0435 e. The van der Waals surface area contributed by atoms with Gasteiger partial charge in [0.2, 0.25) is 0 Å². The molecule has 1 N–H and O–H groups in total. The molecule has 1 saturated heterocycles. The first kappa shape index (κ1) is 8.14. The molecule has 0 amide bonds. The average Bonchev–Trinajstić information content (AvgIpc) is 2.58. The van der Waals surface area contributed by atoms with Crippen molar-refractivity contribution in [1.29, 1.82) is 0 Å². The quantitative estimate of drug-likeness (QED) is 0.710. The van der Waals surface area contributed by atoms with Crippen LogP contribution in [0.5, 0.6) is 0 Å². The number of nitrogens with one attached hydrogen (secondary N) is 1. The second kappa shape index (κ2) is 3.50. The molecule has 2 rings (SSSR count). The maximum atomic E-state index is 3.35. The Morgan fingerprint density at radius 2 is 2.08 bits per heavy atom. The molecule has 0 aliphatic carbocycles. The SMILES string of the molecule is Cc1ccc(C2CNCS2)cc1. The molecule has 1 atom stereocenters. The zero-order valence-electron chi connectivity index (χ0n) is 7.21. The van der Waals surface area contributed by atoms with Gasteiger partial charge in [-0.1, -0.05) is 29.8 Å². The number of hydrogen-bond acceptors (Lipinski definition) is 2. The van der Waals surface area contributed by atoms with Crippen molar-refractivity contribution in [3.63, 3.8) is 0 Å². The summed E-state index contributed by atoms with van der Waals surface area (Å²) in [5, 5.41) is 4.02. The Bertz CT molecular complexity index is 249. The lowest BCUT2D eigenvalue weighted by molar-refractivity contribution is 0.807. The van der Waals surface area contributed by atoms with E-state index in [0.29, 0.717) is 5.25 Å². The van der Waals surface area contributed by atoms with E-state index in [4.69, 9.17) is 0 Å². The fourth-order valence-corrected chi connectivity index (χ4v) is 2.43. The minimum atomic E-state index is 0.672. The third kappa shape index (κ3) is 1.65. The molecule has 0 radical (unpaired) electrons. The van der Waals surface area contributed by atoms with Gasteiger partial charge in [0, 0.05) is 17.7 Å². The first-order chi connectivity index (χ1) is 5.86. The lowest BCUT2D eigenvalue weighted by atomic mass is 10.1. The Balaban J connectivity index is 2.17. The van der Waals surface area contributed by atoms with Gasteiger partial charge in [-0.15, -0.1) is 11.8 Å². The van der Waals surface area contributed by atoms with Crippen molar-refractivity contribution >= 4 is 11.8 Å². The monoisotopic (exact) mass is 179 g/mol. The van der Waals surface area contributed by atoms with E-state index in [1.165, 1.54) is 11.1 Å². The Kier molecular flexibility index (Phi) is 2.38. The minimum absolute atomic E-state index is 0.672. The maximum absolute atomic E-state index is 3.35. The highest BCUT2D eigenvalue weighted by atomic mass is 32.2. The first-order valence-corrected chi connectivity index (χ1v) is 5.30. The number of benzene rings is 1. The summed E-state index contributed by atoms with van der Waals surface area (Å²) in [5.74, 6) is 1.10. The van der Waals surface area contributed by atoms with Gasteiger partial charge in [-0.2, -0.15) is 0 Å². The van der Waals surface area contributed by atoms with Crippen molar-refractivity contribution in [3.8, 4) is 0 Å². The third-order valence-electron chi connectivity index (χ3n) is 2.17. The van der Waals surface area contributed by atoms with Crippen LogP contribution in [0, 0.1) is 6.92 Å². The molecule has 0 bridgehead atoms. The van der Waals surface area contributed by atoms with E-state index in [1.807, 2.05) is 11.8 Å². The van der Waals surface area contributed by atoms with Crippen molar-refractivity contribution in [3.05, 3.63) is 35.4 Å². The molecule has 1 heterocycles. The molecule has 1 aliphatic rings. The summed E-state index contributed by atoms with van der Waals surface area (Å²) in [4.78, 5) is 0. The van der Waals surface area contributed by atoms with E-state index in [9.17, 15) is 0 Å². The van der Waals surface area contributed by atoms with Gasteiger partial charge in [0.05, 0.1) is 0 Å². The van der Waals surface area contributed by atoms with Crippen LogP contribution in [0.2, 0.25) is 0 Å². The van der Waals surface area contributed by atoms with Crippen LogP contribution in [0.15, 0.2) is 24.3 Å². The van der Waals surface area contributed by atoms with Crippen molar-refractivity contribution < 1.29 is 0 Å². The maximum Gasteiger partial charge on any atom is 0.0435 e. The molecule has 1 fully saturated rings. The van der Waals surface area contributed by atoms with Crippen molar-refractivity contribution in [1.82, 2.24) is 5.32 Å². The number of hydrogen-bond donors (Lipinski definition) is 1. The van der Waals surface area contributed by atoms with Gasteiger partial charge in [-0.25, -0.2) is 0 Å². The molecule has 0 spiro atoms. The predicted octanol–water partition coefficient (Wildman–Crippen LogP) is 2.33. The molecular weight excluding hydrogens is 166 g/mol. The first-order valence-electron chi connectivity index (χ1n) is 4.25. The van der Waals surface area contributed by atoms with Crippen LogP contribution in [-0.4, -0.2) is 12.4 Å². The summed E-state index contributed by atoms with van der Waals surface area (Å²) in [7, 11) is 0. The lowest BCUT2D eigenvalue weighted by Gasteiger charge is -2.07. The molecule has 0 saturated carbocycles. The standard InChI is InChI=1S/C10H13NS/c1-8-2-4-9(5-3-8)10-6-11-7-12-10/h2-5,10-11H,6-7H2,1H3. The zero-order chi connectivity index (χ0) is 8.39. The van der Waals surface area contributed by atoms with Crippen LogP contribution in [0.1, 0.15) is 16.4 Å². The molecule has 1 aliphatic heterocycles. The molecule has 1 aromatic rings. The summed E-state index contributed by atoms with van der Waals surface area (Å²) in [6.45, 7) is 3.25. The van der Waals surface area contributed by atoms with Gasteiger partial charge in [-0.05, 0) is 12.5 Å². The minimum Gasteiger partial charge on any atom is -0.306 e. The number of aryl methyl sites for hydroxylation is 1. The van der Waals surface area contributed by atoms with E-state index in [-0.39, 0.29) is 0 Å². The van der Waals surface area contributed by atoms with E-state index in [0.717, 1.165) is 12.4 Å². The fraction of sp³-hybridized carbons (Fsp3) is 0.400. The van der Waals surface area contributed by atoms with Gasteiger partial charge in [0.25, 0.3) is 0 Å². The molecule has 1 aromatic carbocycles. The molecule has 1 unspecified atom stereocenters. The highest BCUT2D eigenvalue weighted by molar-refractivity contribution is 7.99. The van der Waals surface area contributed by atoms with Crippen molar-refractivity contribution in [2.24, 2.45) is 0 Å². The second-order valence-corrected chi connectivity index (χ2v) is 4.36. The van der Waals surface area contributed by atoms with Gasteiger partial charge >= 0.3 is 0 Å². The van der Waals surface area contributed by atoms with Gasteiger partial charge in [-0.3, -0.25) is 0 Å². The molecule has 2 heteroatoms. The second-order valence-electron chi connectivity index (χ2n) is 3.16. The van der Waals surface area contributed by atoms with E-state index in [2.05, 4.69) is 36.5 Å². The van der Waals surface area contributed by atoms with Crippen LogP contribution in [0.25, 0.3) is 0 Å². The average molecular weight is 179 g/mol. The van der Waals surface area contributed by atoms with E-state index >= 15 is 0 Å². The third-order valence-corrected chi connectivity index (χ3v) is 3.38. The van der Waals surface area contributed by atoms with Crippen LogP contribution in [0.4, 0.5) is 0 Å². The van der Waals surface area contributed by atoms with Crippen LogP contribution < -0.4 is 5.32 Å². The summed E-state index contributed by atoms with van der Waals surface area (Å²) in [6, 6.07) is 8.85. The van der Waals surface area contributed by atoms with Gasteiger partial charge in [0.15, 0.2) is 0 Å². The molecule has 64 valence electrons. The van der Waals surface area contributed by atoms with Crippen LogP contribution in [0.3, 0.4) is 0 Å². The van der Waals surface area contributed by atoms with Gasteiger partial charge in [0.1, 0.15) is 0 Å². The highest BCUT2D eigenvalue weighted by Gasteiger charge is 2.16. The van der Waals surface area contributed by atoms with Crippen LogP contribution in [-0.2, 0) is 0 Å². The number of thioether (sulfide) groups is 1. The molecule has 12 heavy (non-hydrogen) atoms. The Labute approximate surface area is 77.6 Å². The van der Waals surface area contributed by atoms with Gasteiger partial charge < -0.3 is 5.32 Å². The zero-order valence-corrected chi connectivity index (χ0v) is 8.03. The summed E-state index contributed by atoms with van der Waals surface area (Å²) < 4.78 is 0. The number of rotatable bonds is 1. The summed E-state index contributed by atoms with van der Waals surface area (Å²) in [5.41, 5.74) is 2.80. The largest absolute Gasteiger partial charge is 0.306 e. The molecule has 0 aromatic heterocycles. The predicted molar refractivity (Wildman–Crippen MR) is 54.4 cm³/mol. The van der Waals surface area contributed by atoms with E-state index in [1.54, 1.807) is 0 Å². The van der Waals surface area contributed by atoms with Crippen molar-refractivity contribution in [2.75, 3.05) is 12.4 Å². The Morgan fingerprint density at radius 3 is 2.67 bits per heavy atom. The summed E-state index contributed by atoms with van der Waals surface area (Å²) in [6.07, 6.45) is 0. The Hall–Kier alpha value is -0.470. The topological polar surface area (TPSA) is 12.0 Å². The molecule has 1 nitrogen and oxygen atoms in total. The van der Waals surface area contributed by atoms with E-state index < -0.39 is 0 Å². The lowest BCUT2D eigenvalue weighted by Crippen LogP contribution is -2.07.